The fraction of sp³-hybridized carbons (Fsp3) is 0.275. The maximum atomic E-state index is 14.0. The van der Waals surface area contributed by atoms with Gasteiger partial charge in [0, 0.05) is 31.7 Å². The topological polar surface area (TPSA) is 84.3 Å². The highest BCUT2D eigenvalue weighted by Gasteiger charge is 2.16. The minimum Gasteiger partial charge on any atom is -0.465 e. The normalized spacial score (nSPS) is 14.7. The van der Waals surface area contributed by atoms with Gasteiger partial charge in [-0.3, -0.25) is 9.97 Å². The molecule has 50 heavy (non-hydrogen) atoms. The molecular weight excluding hydrogens is 634 g/mol. The highest BCUT2D eigenvalue weighted by atomic mass is 19.1. The molecule has 10 heteroatoms. The summed E-state index contributed by atoms with van der Waals surface area (Å²) in [5, 5.41) is 0. The Kier molecular flexibility index (Phi) is 9.86. The van der Waals surface area contributed by atoms with E-state index < -0.39 is 11.6 Å². The molecule has 0 unspecified atom stereocenters. The van der Waals surface area contributed by atoms with Gasteiger partial charge in [0.15, 0.2) is 0 Å². The van der Waals surface area contributed by atoms with Gasteiger partial charge in [-0.25, -0.2) is 23.5 Å². The molecule has 0 amide bonds. The average Bonchev–Trinajstić information content (AvgIpc) is 3.18. The monoisotopic (exact) mass is 672 g/mol. The summed E-state index contributed by atoms with van der Waals surface area (Å²) >= 11 is 0. The molecule has 4 aromatic carbocycles. The van der Waals surface area contributed by atoms with Crippen LogP contribution in [0.15, 0.2) is 91.3 Å². The Morgan fingerprint density at radius 1 is 0.620 bits per heavy atom. The number of methoxy groups -OCH3 is 1. The van der Waals surface area contributed by atoms with Crippen molar-refractivity contribution in [2.24, 2.45) is 0 Å². The molecule has 2 saturated heterocycles. The van der Waals surface area contributed by atoms with E-state index in [4.69, 9.17) is 9.72 Å². The third-order valence-electron chi connectivity index (χ3n) is 9.28. The van der Waals surface area contributed by atoms with Gasteiger partial charge in [-0.2, -0.15) is 0 Å². The Bertz CT molecular complexity index is 2150. The van der Waals surface area contributed by atoms with Crippen LogP contribution in [0, 0.1) is 11.6 Å². The molecule has 0 radical (unpaired) electrons. The van der Waals surface area contributed by atoms with Gasteiger partial charge < -0.3 is 14.5 Å². The smallest absolute Gasteiger partial charge is 0.337 e. The zero-order valence-corrected chi connectivity index (χ0v) is 28.0. The molecule has 2 aliphatic heterocycles. The third-order valence-corrected chi connectivity index (χ3v) is 9.28. The van der Waals surface area contributed by atoms with Gasteiger partial charge in [0.05, 0.1) is 47.1 Å². The minimum absolute atomic E-state index is 0.238. The number of rotatable bonds is 5. The van der Waals surface area contributed by atoms with E-state index >= 15 is 0 Å². The lowest BCUT2D eigenvalue weighted by molar-refractivity contribution is 0.0600. The molecule has 0 spiro atoms. The predicted molar refractivity (Wildman–Crippen MR) is 193 cm³/mol. The highest BCUT2D eigenvalue weighted by Crippen LogP contribution is 2.29. The first-order valence-electron chi connectivity index (χ1n) is 17.1. The second-order valence-corrected chi connectivity index (χ2v) is 12.7. The number of hydrogen-bond donors (Lipinski definition) is 0. The number of ether oxygens (including phenoxy) is 1. The van der Waals surface area contributed by atoms with E-state index in [9.17, 15) is 13.6 Å². The quantitative estimate of drug-likeness (QED) is 0.168. The maximum absolute atomic E-state index is 14.0. The fourth-order valence-electron chi connectivity index (χ4n) is 6.56. The van der Waals surface area contributed by atoms with Crippen molar-refractivity contribution in [2.75, 3.05) is 43.1 Å². The summed E-state index contributed by atoms with van der Waals surface area (Å²) in [4.78, 5) is 34.9. The summed E-state index contributed by atoms with van der Waals surface area (Å²) in [7, 11) is 1.39. The first kappa shape index (κ1) is 33.0. The Morgan fingerprint density at radius 3 is 1.78 bits per heavy atom. The summed E-state index contributed by atoms with van der Waals surface area (Å²) in [5.41, 5.74) is 6.53. The van der Waals surface area contributed by atoms with Crippen LogP contribution in [0.25, 0.3) is 44.3 Å². The number of halogens is 2. The lowest BCUT2D eigenvalue weighted by Crippen LogP contribution is -2.30. The van der Waals surface area contributed by atoms with E-state index in [2.05, 4.69) is 24.8 Å². The zero-order chi connectivity index (χ0) is 34.5. The molecule has 2 aliphatic rings. The van der Waals surface area contributed by atoms with Crippen molar-refractivity contribution in [2.45, 2.75) is 38.5 Å². The number of esters is 1. The Hall–Kier alpha value is -5.51. The van der Waals surface area contributed by atoms with E-state index in [0.717, 1.165) is 90.5 Å². The summed E-state index contributed by atoms with van der Waals surface area (Å²) in [6.45, 7) is 4.05. The molecule has 2 fully saturated rings. The zero-order valence-electron chi connectivity index (χ0n) is 28.0. The number of carbonyl (C=O) groups is 1. The van der Waals surface area contributed by atoms with Crippen LogP contribution in [0.5, 0.6) is 0 Å². The lowest BCUT2D eigenvalue weighted by Gasteiger charge is -2.27. The number of piperidine rings is 2. The lowest BCUT2D eigenvalue weighted by atomic mass is 10.0. The van der Waals surface area contributed by atoms with Crippen LogP contribution in [0.4, 0.5) is 20.4 Å². The number of anilines is 2. The Labute approximate surface area is 289 Å². The number of aromatic nitrogens is 4. The van der Waals surface area contributed by atoms with Crippen molar-refractivity contribution in [1.29, 1.82) is 0 Å². The van der Waals surface area contributed by atoms with Crippen LogP contribution in [0.2, 0.25) is 0 Å². The minimum atomic E-state index is -0.459. The van der Waals surface area contributed by atoms with Crippen molar-refractivity contribution in [3.63, 3.8) is 0 Å². The van der Waals surface area contributed by atoms with Crippen molar-refractivity contribution in [1.82, 2.24) is 19.9 Å². The number of nitrogens with zero attached hydrogens (tertiary/aromatic N) is 6. The van der Waals surface area contributed by atoms with Crippen LogP contribution >= 0.6 is 0 Å². The van der Waals surface area contributed by atoms with Gasteiger partial charge in [-0.15, -0.1) is 0 Å². The number of carbonyl (C=O) groups excluding carboxylic acids is 1. The molecule has 8 nitrogen and oxygen atoms in total. The van der Waals surface area contributed by atoms with Gasteiger partial charge in [0.25, 0.3) is 0 Å². The average molecular weight is 673 g/mol. The van der Waals surface area contributed by atoms with Crippen LogP contribution in [-0.4, -0.2) is 59.2 Å². The van der Waals surface area contributed by atoms with Crippen LogP contribution in [-0.2, 0) is 4.74 Å². The highest BCUT2D eigenvalue weighted by molar-refractivity contribution is 5.91. The predicted octanol–water partition coefficient (Wildman–Crippen LogP) is 8.64. The second kappa shape index (κ2) is 14.9. The van der Waals surface area contributed by atoms with Crippen molar-refractivity contribution >= 4 is 39.7 Å². The van der Waals surface area contributed by atoms with E-state index in [1.54, 1.807) is 30.5 Å². The number of hydrogen-bond acceptors (Lipinski definition) is 8. The second-order valence-electron chi connectivity index (χ2n) is 12.7. The van der Waals surface area contributed by atoms with Crippen molar-refractivity contribution in [3.8, 4) is 22.3 Å². The molecular formula is C40H38F2N6O2. The number of benzene rings is 4. The molecule has 6 aromatic rings. The van der Waals surface area contributed by atoms with Crippen LogP contribution in [0.3, 0.4) is 0 Å². The SMILES string of the molecule is COC(=O)c1cccc(-c2ccc3ncc(N4CCCCC4)nc3c2)c1.Fc1ccc(F)c(-c2ccc3ncc(N4CCCCC4)nc3c2)c1. The first-order chi connectivity index (χ1) is 24.4. The summed E-state index contributed by atoms with van der Waals surface area (Å²) in [5.74, 6) is 0.548. The largest absolute Gasteiger partial charge is 0.465 e. The van der Waals surface area contributed by atoms with Gasteiger partial charge >= 0.3 is 5.97 Å². The Balaban J connectivity index is 0.000000157. The molecule has 0 N–H and O–H groups in total. The summed E-state index contributed by atoms with van der Waals surface area (Å²) < 4.78 is 32.3. The molecule has 0 saturated carbocycles. The summed E-state index contributed by atoms with van der Waals surface area (Å²) in [6.07, 6.45) is 10.9. The molecule has 0 atom stereocenters. The standard InChI is InChI=1S/C21H21N3O2.C19H17F2N3/c1-26-21(25)17-7-5-6-15(12-17)16-8-9-18-19(13-16)23-20(14-22-18)24-10-3-2-4-11-24;20-14-5-6-16(21)15(11-14)13-4-7-17-18(10-13)23-19(12-22-17)24-8-2-1-3-9-24/h5-9,12-14H,2-4,10-11H2,1H3;4-7,10-12H,1-3,8-9H2. The molecule has 8 rings (SSSR count). The van der Waals surface area contributed by atoms with E-state index in [1.807, 2.05) is 42.6 Å². The Morgan fingerprint density at radius 2 is 1.18 bits per heavy atom. The van der Waals surface area contributed by atoms with Gasteiger partial charge in [0.2, 0.25) is 0 Å². The van der Waals surface area contributed by atoms with Crippen LogP contribution < -0.4 is 9.80 Å². The van der Waals surface area contributed by atoms with Crippen molar-refractivity contribution in [3.05, 3.63) is 108 Å². The molecule has 254 valence electrons. The molecule has 0 bridgehead atoms. The molecule has 0 aliphatic carbocycles. The van der Waals surface area contributed by atoms with E-state index in [1.165, 1.54) is 38.9 Å². The van der Waals surface area contributed by atoms with E-state index in [0.29, 0.717) is 16.6 Å². The van der Waals surface area contributed by atoms with Crippen molar-refractivity contribution < 1.29 is 18.3 Å². The molecule has 2 aromatic heterocycles. The summed E-state index contributed by atoms with van der Waals surface area (Å²) in [6, 6.07) is 22.2. The van der Waals surface area contributed by atoms with Gasteiger partial charge in [-0.1, -0.05) is 24.3 Å². The van der Waals surface area contributed by atoms with Crippen LogP contribution in [0.1, 0.15) is 48.9 Å². The van der Waals surface area contributed by atoms with Gasteiger partial charge in [0.1, 0.15) is 23.3 Å². The third kappa shape index (κ3) is 7.39. The maximum Gasteiger partial charge on any atom is 0.337 e. The molecule has 4 heterocycles. The fourth-order valence-corrected chi connectivity index (χ4v) is 6.56. The van der Waals surface area contributed by atoms with E-state index in [-0.39, 0.29) is 11.5 Å². The first-order valence-corrected chi connectivity index (χ1v) is 17.1. The number of fused-ring (bicyclic) bond motifs is 2. The van der Waals surface area contributed by atoms with Gasteiger partial charge in [-0.05, 0) is 110 Å².